The summed E-state index contributed by atoms with van der Waals surface area (Å²) in [7, 11) is 0. The molecule has 8 heteroatoms. The van der Waals surface area contributed by atoms with E-state index >= 15 is 0 Å². The van der Waals surface area contributed by atoms with Gasteiger partial charge in [-0.15, -0.1) is 0 Å². The van der Waals surface area contributed by atoms with Crippen molar-refractivity contribution < 1.29 is 27.6 Å². The molecule has 0 aromatic heterocycles. The van der Waals surface area contributed by atoms with Crippen LogP contribution >= 0.6 is 0 Å². The molecule has 1 aliphatic rings. The second-order valence-electron chi connectivity index (χ2n) is 4.29. The lowest BCUT2D eigenvalue weighted by Crippen LogP contribution is -2.33. The highest BCUT2D eigenvalue weighted by atomic mass is 19.4. The maximum Gasteiger partial charge on any atom is 0.414 e. The largest absolute Gasteiger partial charge is 0.414 e. The lowest BCUT2D eigenvalue weighted by Gasteiger charge is -2.08. The second kappa shape index (κ2) is 6.03. The number of carbonyl (C=O) groups is 2. The summed E-state index contributed by atoms with van der Waals surface area (Å²) in [6.07, 6.45) is -3.76. The maximum absolute atomic E-state index is 11.7. The lowest BCUT2D eigenvalue weighted by atomic mass is 10.3. The quantitative estimate of drug-likeness (QED) is 0.699. The van der Waals surface area contributed by atoms with E-state index in [1.807, 2.05) is 6.92 Å². The monoisotopic (exact) mass is 268 g/mol. The van der Waals surface area contributed by atoms with Gasteiger partial charge in [0.25, 0.3) is 0 Å². The van der Waals surface area contributed by atoms with Crippen LogP contribution in [0.2, 0.25) is 0 Å². The molecule has 0 heterocycles. The number of hydroxylamine groups is 1. The molecule has 0 spiro atoms. The first-order chi connectivity index (χ1) is 8.29. The number of alkyl halides is 3. The lowest BCUT2D eigenvalue weighted by molar-refractivity contribution is -0.191. The predicted molar refractivity (Wildman–Crippen MR) is 55.0 cm³/mol. The standard InChI is InChI=1S/C10H15F3N2O3/c1-6-4-7(6)9(17)14-3-2-8(16)15-18-5-10(11,12)13/h6-7H,2-5H2,1H3,(H,14,17)(H,15,16). The molecule has 0 aliphatic heterocycles. The molecule has 18 heavy (non-hydrogen) atoms. The van der Waals surface area contributed by atoms with E-state index in [2.05, 4.69) is 10.2 Å². The highest BCUT2D eigenvalue weighted by molar-refractivity contribution is 5.82. The summed E-state index contributed by atoms with van der Waals surface area (Å²) in [4.78, 5) is 26.3. The molecule has 0 aromatic carbocycles. The third kappa shape index (κ3) is 5.85. The zero-order chi connectivity index (χ0) is 13.8. The normalized spacial score (nSPS) is 22.4. The number of hydrogen-bond acceptors (Lipinski definition) is 3. The van der Waals surface area contributed by atoms with Crippen molar-refractivity contribution in [3.8, 4) is 0 Å². The first-order valence-electron chi connectivity index (χ1n) is 5.54. The summed E-state index contributed by atoms with van der Waals surface area (Å²) in [5, 5.41) is 2.54. The van der Waals surface area contributed by atoms with Gasteiger partial charge in [0.1, 0.15) is 0 Å². The van der Waals surface area contributed by atoms with Crippen molar-refractivity contribution in [2.75, 3.05) is 13.2 Å². The number of rotatable bonds is 6. The molecule has 5 nitrogen and oxygen atoms in total. The van der Waals surface area contributed by atoms with Gasteiger partial charge in [0.05, 0.1) is 0 Å². The third-order valence-corrected chi connectivity index (χ3v) is 2.52. The van der Waals surface area contributed by atoms with Crippen LogP contribution in [0.3, 0.4) is 0 Å². The van der Waals surface area contributed by atoms with Gasteiger partial charge in [-0.05, 0) is 12.3 Å². The van der Waals surface area contributed by atoms with Gasteiger partial charge in [-0.2, -0.15) is 13.2 Å². The van der Waals surface area contributed by atoms with Gasteiger partial charge in [0.15, 0.2) is 6.61 Å². The van der Waals surface area contributed by atoms with E-state index in [0.29, 0.717) is 5.92 Å². The minimum absolute atomic E-state index is 0.00883. The Labute approximate surface area is 102 Å². The van der Waals surface area contributed by atoms with Crippen molar-refractivity contribution in [1.82, 2.24) is 10.8 Å². The average molecular weight is 268 g/mol. The Morgan fingerprint density at radius 3 is 2.50 bits per heavy atom. The van der Waals surface area contributed by atoms with Gasteiger partial charge in [-0.1, -0.05) is 6.92 Å². The van der Waals surface area contributed by atoms with Crippen LogP contribution in [0, 0.1) is 11.8 Å². The minimum atomic E-state index is -4.48. The Bertz CT molecular complexity index is 320. The zero-order valence-electron chi connectivity index (χ0n) is 9.84. The smallest absolute Gasteiger partial charge is 0.355 e. The van der Waals surface area contributed by atoms with Gasteiger partial charge in [-0.25, -0.2) is 5.48 Å². The Morgan fingerprint density at radius 1 is 1.39 bits per heavy atom. The molecular weight excluding hydrogens is 253 g/mol. The minimum Gasteiger partial charge on any atom is -0.355 e. The molecule has 1 rings (SSSR count). The van der Waals surface area contributed by atoms with Crippen molar-refractivity contribution in [2.45, 2.75) is 25.9 Å². The number of hydrogen-bond donors (Lipinski definition) is 2. The molecule has 0 bridgehead atoms. The van der Waals surface area contributed by atoms with Crippen LogP contribution in [0.5, 0.6) is 0 Å². The van der Waals surface area contributed by atoms with Crippen molar-refractivity contribution in [1.29, 1.82) is 0 Å². The van der Waals surface area contributed by atoms with Gasteiger partial charge in [-0.3, -0.25) is 14.4 Å². The summed E-state index contributed by atoms with van der Waals surface area (Å²) < 4.78 is 35.0. The van der Waals surface area contributed by atoms with E-state index in [9.17, 15) is 22.8 Å². The third-order valence-electron chi connectivity index (χ3n) is 2.52. The molecular formula is C10H15F3N2O3. The van der Waals surface area contributed by atoms with E-state index < -0.39 is 18.7 Å². The van der Waals surface area contributed by atoms with Crippen LogP contribution < -0.4 is 10.8 Å². The molecule has 0 radical (unpaired) electrons. The molecule has 104 valence electrons. The highest BCUT2D eigenvalue weighted by Gasteiger charge is 2.38. The van der Waals surface area contributed by atoms with Crippen LogP contribution in [0.25, 0.3) is 0 Å². The maximum atomic E-state index is 11.7. The molecule has 0 aromatic rings. The van der Waals surface area contributed by atoms with Crippen molar-refractivity contribution in [2.24, 2.45) is 11.8 Å². The van der Waals surface area contributed by atoms with Crippen LogP contribution in [0.15, 0.2) is 0 Å². The first-order valence-corrected chi connectivity index (χ1v) is 5.54. The van der Waals surface area contributed by atoms with E-state index in [1.54, 1.807) is 5.48 Å². The Balaban J connectivity index is 2.01. The zero-order valence-corrected chi connectivity index (χ0v) is 9.84. The second-order valence-corrected chi connectivity index (χ2v) is 4.29. The van der Waals surface area contributed by atoms with Gasteiger partial charge >= 0.3 is 6.18 Å². The van der Waals surface area contributed by atoms with Gasteiger partial charge in [0, 0.05) is 18.9 Å². The predicted octanol–water partition coefficient (Wildman–Crippen LogP) is 0.759. The van der Waals surface area contributed by atoms with Crippen molar-refractivity contribution >= 4 is 11.8 Å². The van der Waals surface area contributed by atoms with E-state index in [1.165, 1.54) is 0 Å². The molecule has 1 fully saturated rings. The molecule has 1 aliphatic carbocycles. The summed E-state index contributed by atoms with van der Waals surface area (Å²) in [5.41, 5.74) is 1.66. The molecule has 2 amide bonds. The van der Waals surface area contributed by atoms with E-state index in [0.717, 1.165) is 6.42 Å². The number of carbonyl (C=O) groups excluding carboxylic acids is 2. The van der Waals surface area contributed by atoms with Crippen molar-refractivity contribution in [3.63, 3.8) is 0 Å². The highest BCUT2D eigenvalue weighted by Crippen LogP contribution is 2.37. The molecule has 1 saturated carbocycles. The fourth-order valence-corrected chi connectivity index (χ4v) is 1.37. The summed E-state index contributed by atoms with van der Waals surface area (Å²) >= 11 is 0. The molecule has 2 atom stereocenters. The van der Waals surface area contributed by atoms with Crippen LogP contribution in [-0.4, -0.2) is 31.1 Å². The summed E-state index contributed by atoms with van der Waals surface area (Å²) in [6.45, 7) is 0.496. The van der Waals surface area contributed by atoms with Crippen LogP contribution in [0.4, 0.5) is 13.2 Å². The Morgan fingerprint density at radius 2 is 2.00 bits per heavy atom. The molecule has 2 unspecified atom stereocenters. The Kier molecular flexibility index (Phi) is 4.94. The van der Waals surface area contributed by atoms with Gasteiger partial charge < -0.3 is 5.32 Å². The average Bonchev–Trinajstić information content (AvgIpc) is 2.93. The molecule has 2 N–H and O–H groups in total. The van der Waals surface area contributed by atoms with E-state index in [4.69, 9.17) is 0 Å². The van der Waals surface area contributed by atoms with Gasteiger partial charge in [0.2, 0.25) is 11.8 Å². The number of amides is 2. The number of nitrogens with one attached hydrogen (secondary N) is 2. The topological polar surface area (TPSA) is 67.4 Å². The van der Waals surface area contributed by atoms with Crippen LogP contribution in [0.1, 0.15) is 19.8 Å². The van der Waals surface area contributed by atoms with Crippen molar-refractivity contribution in [3.05, 3.63) is 0 Å². The Hall–Kier alpha value is -1.31. The molecule has 0 saturated heterocycles. The fourth-order valence-electron chi connectivity index (χ4n) is 1.37. The van der Waals surface area contributed by atoms with Crippen LogP contribution in [-0.2, 0) is 14.4 Å². The number of halogens is 3. The SMILES string of the molecule is CC1CC1C(=O)NCCC(=O)NOCC(F)(F)F. The summed E-state index contributed by atoms with van der Waals surface area (Å²) in [6, 6.07) is 0. The van der Waals surface area contributed by atoms with E-state index in [-0.39, 0.29) is 24.8 Å². The first kappa shape index (κ1) is 14.7. The fraction of sp³-hybridized carbons (Fsp3) is 0.800. The summed E-state index contributed by atoms with van der Waals surface area (Å²) in [5.74, 6) is -0.446.